The normalized spacial score (nSPS) is 17.3. The average Bonchev–Trinajstić information content (AvgIpc) is 2.03. The Balaban J connectivity index is 4.25. The molecule has 0 unspecified atom stereocenters. The van der Waals surface area contributed by atoms with Crippen molar-refractivity contribution in [1.29, 1.82) is 0 Å². The lowest BCUT2D eigenvalue weighted by Crippen LogP contribution is -2.33. The zero-order valence-electron chi connectivity index (χ0n) is 10.1. The highest BCUT2D eigenvalue weighted by atomic mass is 16.5. The van der Waals surface area contributed by atoms with Gasteiger partial charge in [0, 0.05) is 19.6 Å². The van der Waals surface area contributed by atoms with Gasteiger partial charge in [0.15, 0.2) is 0 Å². The number of ether oxygens (including phenoxy) is 1. The number of hydrogen-bond acceptors (Lipinski definition) is 2. The highest BCUT2D eigenvalue weighted by molar-refractivity contribution is 4.93. The molecule has 0 bridgehead atoms. The Hall–Kier alpha value is -0.340. The van der Waals surface area contributed by atoms with Crippen molar-refractivity contribution < 1.29 is 9.84 Å². The summed E-state index contributed by atoms with van der Waals surface area (Å²) >= 11 is 0. The van der Waals surface area contributed by atoms with E-state index in [1.165, 1.54) is 0 Å². The molecule has 0 amide bonds. The number of aliphatic hydroxyl groups is 1. The van der Waals surface area contributed by atoms with Crippen LogP contribution in [0.15, 0.2) is 12.2 Å². The molecule has 14 heavy (non-hydrogen) atoms. The summed E-state index contributed by atoms with van der Waals surface area (Å²) in [6.07, 6.45) is 5.08. The lowest BCUT2D eigenvalue weighted by molar-refractivity contribution is -0.00813. The summed E-state index contributed by atoms with van der Waals surface area (Å²) < 4.78 is 5.49. The van der Waals surface area contributed by atoms with Crippen LogP contribution in [0.25, 0.3) is 0 Å². The average molecular weight is 200 g/mol. The minimum atomic E-state index is 0.151. The maximum Gasteiger partial charge on any atom is 0.0679 e. The molecule has 1 N–H and O–H groups in total. The van der Waals surface area contributed by atoms with Crippen molar-refractivity contribution in [1.82, 2.24) is 0 Å². The fourth-order valence-corrected chi connectivity index (χ4v) is 1.84. The van der Waals surface area contributed by atoms with E-state index in [1.807, 2.05) is 6.08 Å². The fourth-order valence-electron chi connectivity index (χ4n) is 1.84. The van der Waals surface area contributed by atoms with E-state index in [4.69, 9.17) is 9.84 Å². The molecule has 0 aliphatic heterocycles. The molecule has 84 valence electrons. The zero-order valence-corrected chi connectivity index (χ0v) is 10.1. The second kappa shape index (κ2) is 6.20. The van der Waals surface area contributed by atoms with E-state index in [1.54, 1.807) is 7.11 Å². The lowest BCUT2D eigenvalue weighted by atomic mass is 9.81. The topological polar surface area (TPSA) is 29.5 Å². The molecule has 0 aromatic heterocycles. The Kier molecular flexibility index (Phi) is 6.05. The van der Waals surface area contributed by atoms with Gasteiger partial charge in [-0.3, -0.25) is 0 Å². The van der Waals surface area contributed by atoms with Crippen LogP contribution in [0.4, 0.5) is 0 Å². The van der Waals surface area contributed by atoms with E-state index in [0.29, 0.717) is 5.92 Å². The monoisotopic (exact) mass is 200 g/mol. The predicted molar refractivity (Wildman–Crippen MR) is 60.3 cm³/mol. The van der Waals surface area contributed by atoms with Crippen LogP contribution in [0.1, 0.15) is 34.1 Å². The van der Waals surface area contributed by atoms with Crippen LogP contribution in [-0.4, -0.2) is 24.9 Å². The molecule has 2 atom stereocenters. The molecular weight excluding hydrogens is 176 g/mol. The molecule has 0 aromatic carbocycles. The molecule has 0 saturated carbocycles. The Morgan fingerprint density at radius 3 is 2.29 bits per heavy atom. The van der Waals surface area contributed by atoms with E-state index >= 15 is 0 Å². The summed E-state index contributed by atoms with van der Waals surface area (Å²) in [6, 6.07) is 0. The third-order valence-electron chi connectivity index (χ3n) is 2.32. The number of hydrogen-bond donors (Lipinski definition) is 1. The Morgan fingerprint density at radius 1 is 1.36 bits per heavy atom. The van der Waals surface area contributed by atoms with E-state index in [9.17, 15) is 0 Å². The summed E-state index contributed by atoms with van der Waals surface area (Å²) in [5, 5.41) is 8.65. The van der Waals surface area contributed by atoms with Gasteiger partial charge in [0.25, 0.3) is 0 Å². The van der Waals surface area contributed by atoms with Crippen LogP contribution in [0, 0.1) is 11.3 Å². The smallest absolute Gasteiger partial charge is 0.0679 e. The minimum absolute atomic E-state index is 0.151. The van der Waals surface area contributed by atoms with Crippen molar-refractivity contribution in [3.05, 3.63) is 12.2 Å². The Labute approximate surface area is 88.0 Å². The van der Waals surface area contributed by atoms with E-state index < -0.39 is 0 Å². The highest BCUT2D eigenvalue weighted by Crippen LogP contribution is 2.28. The summed E-state index contributed by atoms with van der Waals surface area (Å²) in [6.45, 7) is 8.90. The Morgan fingerprint density at radius 2 is 1.93 bits per heavy atom. The maximum absolute atomic E-state index is 8.65. The predicted octanol–water partition coefficient (Wildman–Crippen LogP) is 2.62. The van der Waals surface area contributed by atoms with Crippen molar-refractivity contribution in [2.45, 2.75) is 40.2 Å². The maximum atomic E-state index is 8.65. The van der Waals surface area contributed by atoms with Gasteiger partial charge >= 0.3 is 0 Å². The molecule has 0 aliphatic rings. The largest absolute Gasteiger partial charge is 0.396 e. The summed E-state index contributed by atoms with van der Waals surface area (Å²) in [5.74, 6) is 0.381. The molecule has 0 radical (unpaired) electrons. The van der Waals surface area contributed by atoms with Gasteiger partial charge < -0.3 is 9.84 Å². The second-order valence-electron chi connectivity index (χ2n) is 4.82. The molecule has 0 spiro atoms. The first-order chi connectivity index (χ1) is 6.43. The summed E-state index contributed by atoms with van der Waals surface area (Å²) in [7, 11) is 1.76. The number of rotatable bonds is 5. The van der Waals surface area contributed by atoms with Gasteiger partial charge in [-0.05, 0) is 11.8 Å². The highest BCUT2D eigenvalue weighted by Gasteiger charge is 2.27. The van der Waals surface area contributed by atoms with Crippen molar-refractivity contribution in [3.8, 4) is 0 Å². The minimum Gasteiger partial charge on any atom is -0.396 e. The number of methoxy groups -OCH3 is 1. The molecular formula is C12H24O2. The van der Waals surface area contributed by atoms with Crippen LogP contribution in [0.2, 0.25) is 0 Å². The van der Waals surface area contributed by atoms with Gasteiger partial charge in [0.05, 0.1) is 6.10 Å². The van der Waals surface area contributed by atoms with Gasteiger partial charge in [0.1, 0.15) is 0 Å². The quantitative estimate of drug-likeness (QED) is 0.691. The molecule has 0 rings (SSSR count). The SMILES string of the molecule is CO[C@H]([C@H](C)/C=C/CCO)C(C)(C)C. The van der Waals surface area contributed by atoms with Gasteiger partial charge in [0.2, 0.25) is 0 Å². The first-order valence-corrected chi connectivity index (χ1v) is 5.23. The van der Waals surface area contributed by atoms with E-state index in [0.717, 1.165) is 6.42 Å². The molecule has 0 saturated heterocycles. The van der Waals surface area contributed by atoms with Gasteiger partial charge in [-0.2, -0.15) is 0 Å². The van der Waals surface area contributed by atoms with Crippen LogP contribution in [0.5, 0.6) is 0 Å². The lowest BCUT2D eigenvalue weighted by Gasteiger charge is -2.32. The third-order valence-corrected chi connectivity index (χ3v) is 2.32. The first-order valence-electron chi connectivity index (χ1n) is 5.23. The molecule has 0 aromatic rings. The first kappa shape index (κ1) is 13.7. The second-order valence-corrected chi connectivity index (χ2v) is 4.82. The van der Waals surface area contributed by atoms with E-state index in [2.05, 4.69) is 33.8 Å². The summed E-state index contributed by atoms with van der Waals surface area (Å²) in [5.41, 5.74) is 0.151. The van der Waals surface area contributed by atoms with Crippen molar-refractivity contribution in [2.75, 3.05) is 13.7 Å². The molecule has 2 heteroatoms. The van der Waals surface area contributed by atoms with Crippen molar-refractivity contribution in [2.24, 2.45) is 11.3 Å². The summed E-state index contributed by atoms with van der Waals surface area (Å²) in [4.78, 5) is 0. The van der Waals surface area contributed by atoms with Gasteiger partial charge in [-0.15, -0.1) is 0 Å². The molecule has 0 fully saturated rings. The van der Waals surface area contributed by atoms with Gasteiger partial charge in [-0.1, -0.05) is 39.8 Å². The van der Waals surface area contributed by atoms with Crippen molar-refractivity contribution >= 4 is 0 Å². The van der Waals surface area contributed by atoms with Gasteiger partial charge in [-0.25, -0.2) is 0 Å². The van der Waals surface area contributed by atoms with Crippen molar-refractivity contribution in [3.63, 3.8) is 0 Å². The van der Waals surface area contributed by atoms with Crippen LogP contribution < -0.4 is 0 Å². The molecule has 2 nitrogen and oxygen atoms in total. The van der Waals surface area contributed by atoms with Crippen LogP contribution in [-0.2, 0) is 4.74 Å². The van der Waals surface area contributed by atoms with E-state index in [-0.39, 0.29) is 18.1 Å². The number of aliphatic hydroxyl groups excluding tert-OH is 1. The molecule has 0 aliphatic carbocycles. The Bertz CT molecular complexity index is 168. The fraction of sp³-hybridized carbons (Fsp3) is 0.833. The van der Waals surface area contributed by atoms with Crippen LogP contribution >= 0.6 is 0 Å². The molecule has 0 heterocycles. The van der Waals surface area contributed by atoms with Crippen LogP contribution in [0.3, 0.4) is 0 Å². The third kappa shape index (κ3) is 4.77. The zero-order chi connectivity index (χ0) is 11.2. The standard InChI is InChI=1S/C12H24O2/c1-10(8-6-7-9-13)11(14-5)12(2,3)4/h6,8,10-11,13H,7,9H2,1-5H3/b8-6+/t10-,11-/m1/s1.